The van der Waals surface area contributed by atoms with Crippen molar-refractivity contribution in [2.24, 2.45) is 0 Å². The lowest BCUT2D eigenvalue weighted by atomic mass is 10.1. The molecular weight excluding hydrogens is 320 g/mol. The number of methoxy groups -OCH3 is 1. The van der Waals surface area contributed by atoms with Crippen LogP contribution in [0.3, 0.4) is 0 Å². The van der Waals surface area contributed by atoms with Crippen LogP contribution in [0.4, 0.5) is 10.5 Å². The Labute approximate surface area is 144 Å². The Bertz CT molecular complexity index is 867. The molecule has 1 aliphatic heterocycles. The molecule has 4 amide bonds. The summed E-state index contributed by atoms with van der Waals surface area (Å²) < 4.78 is 5.08. The van der Waals surface area contributed by atoms with Crippen molar-refractivity contribution in [3.05, 3.63) is 65.2 Å². The number of urea groups is 1. The number of nitrogens with zero attached hydrogens (tertiary/aromatic N) is 1. The fourth-order valence-corrected chi connectivity index (χ4v) is 2.45. The van der Waals surface area contributed by atoms with Crippen LogP contribution in [0.15, 0.2) is 54.1 Å². The van der Waals surface area contributed by atoms with E-state index in [-0.39, 0.29) is 5.57 Å². The van der Waals surface area contributed by atoms with Crippen LogP contribution in [0.1, 0.15) is 11.1 Å². The largest absolute Gasteiger partial charge is 0.497 e. The maximum atomic E-state index is 12.7. The summed E-state index contributed by atoms with van der Waals surface area (Å²) in [5.41, 5.74) is 1.95. The molecule has 6 nitrogen and oxygen atoms in total. The molecular formula is C19H16N2O4. The predicted octanol–water partition coefficient (Wildman–Crippen LogP) is 2.67. The van der Waals surface area contributed by atoms with Crippen molar-refractivity contribution in [3.63, 3.8) is 0 Å². The van der Waals surface area contributed by atoms with E-state index in [0.29, 0.717) is 17.0 Å². The molecule has 2 aromatic rings. The maximum absolute atomic E-state index is 12.7. The molecule has 0 radical (unpaired) electrons. The van der Waals surface area contributed by atoms with Crippen LogP contribution in [0.25, 0.3) is 6.08 Å². The zero-order chi connectivity index (χ0) is 18.0. The van der Waals surface area contributed by atoms with Crippen LogP contribution in [0, 0.1) is 6.92 Å². The first-order chi connectivity index (χ1) is 12.0. The molecule has 0 aliphatic carbocycles. The van der Waals surface area contributed by atoms with Gasteiger partial charge in [-0.15, -0.1) is 0 Å². The topological polar surface area (TPSA) is 75.7 Å². The number of hydrogen-bond donors (Lipinski definition) is 1. The van der Waals surface area contributed by atoms with Gasteiger partial charge in [0.2, 0.25) is 0 Å². The lowest BCUT2D eigenvalue weighted by Gasteiger charge is -2.26. The summed E-state index contributed by atoms with van der Waals surface area (Å²) in [5.74, 6) is -0.708. The molecule has 0 atom stereocenters. The highest BCUT2D eigenvalue weighted by molar-refractivity contribution is 6.39. The van der Waals surface area contributed by atoms with Gasteiger partial charge in [0.1, 0.15) is 11.3 Å². The van der Waals surface area contributed by atoms with Crippen molar-refractivity contribution in [2.45, 2.75) is 6.92 Å². The summed E-state index contributed by atoms with van der Waals surface area (Å²) in [5, 5.41) is 2.20. The Morgan fingerprint density at radius 3 is 2.20 bits per heavy atom. The lowest BCUT2D eigenvalue weighted by molar-refractivity contribution is -0.122. The standard InChI is InChI=1S/C19H16N2O4/c1-12-3-7-14(8-4-12)21-18(23)16(17(22)20-19(21)24)11-13-5-9-15(25-2)10-6-13/h3-11H,1-2H3,(H,20,22,24)/b16-11+. The number of carbonyl (C=O) groups excluding carboxylic acids is 3. The molecule has 25 heavy (non-hydrogen) atoms. The van der Waals surface area contributed by atoms with Crippen LogP contribution in [0.2, 0.25) is 0 Å². The SMILES string of the molecule is COc1ccc(/C=C2\C(=O)NC(=O)N(c3ccc(C)cc3)C2=O)cc1. The first kappa shape index (κ1) is 16.4. The highest BCUT2D eigenvalue weighted by Crippen LogP contribution is 2.22. The summed E-state index contributed by atoms with van der Waals surface area (Å²) in [4.78, 5) is 37.9. The second-order valence-corrected chi connectivity index (χ2v) is 5.57. The van der Waals surface area contributed by atoms with Crippen LogP contribution in [-0.2, 0) is 9.59 Å². The number of hydrogen-bond acceptors (Lipinski definition) is 4. The number of barbiturate groups is 1. The summed E-state index contributed by atoms with van der Waals surface area (Å²) in [6.45, 7) is 1.90. The second kappa shape index (κ2) is 6.60. The van der Waals surface area contributed by atoms with E-state index < -0.39 is 17.8 Å². The van der Waals surface area contributed by atoms with Crippen LogP contribution in [-0.4, -0.2) is 25.0 Å². The molecule has 0 bridgehead atoms. The van der Waals surface area contributed by atoms with Gasteiger partial charge in [0.25, 0.3) is 11.8 Å². The summed E-state index contributed by atoms with van der Waals surface area (Å²) in [7, 11) is 1.55. The third-order valence-corrected chi connectivity index (χ3v) is 3.82. The number of carbonyl (C=O) groups is 3. The fraction of sp³-hybridized carbons (Fsp3) is 0.105. The first-order valence-corrected chi connectivity index (χ1v) is 7.62. The van der Waals surface area contributed by atoms with Crippen molar-refractivity contribution in [1.82, 2.24) is 5.32 Å². The maximum Gasteiger partial charge on any atom is 0.335 e. The first-order valence-electron chi connectivity index (χ1n) is 7.62. The van der Waals surface area contributed by atoms with Gasteiger partial charge in [-0.25, -0.2) is 9.69 Å². The van der Waals surface area contributed by atoms with E-state index in [9.17, 15) is 14.4 Å². The summed E-state index contributed by atoms with van der Waals surface area (Å²) >= 11 is 0. The fourth-order valence-electron chi connectivity index (χ4n) is 2.45. The molecule has 1 heterocycles. The summed E-state index contributed by atoms with van der Waals surface area (Å²) in [6, 6.07) is 13.0. The number of aryl methyl sites for hydroxylation is 1. The van der Waals surface area contributed by atoms with Gasteiger partial charge < -0.3 is 4.74 Å². The quantitative estimate of drug-likeness (QED) is 0.691. The van der Waals surface area contributed by atoms with Crippen molar-refractivity contribution in [1.29, 1.82) is 0 Å². The highest BCUT2D eigenvalue weighted by Gasteiger charge is 2.36. The monoisotopic (exact) mass is 336 g/mol. The smallest absolute Gasteiger partial charge is 0.335 e. The number of imide groups is 2. The average molecular weight is 336 g/mol. The minimum Gasteiger partial charge on any atom is -0.497 e. The number of benzene rings is 2. The molecule has 1 fully saturated rings. The minimum atomic E-state index is -0.759. The van der Waals surface area contributed by atoms with Crippen LogP contribution in [0.5, 0.6) is 5.75 Å². The molecule has 1 aliphatic rings. The van der Waals surface area contributed by atoms with Crippen molar-refractivity contribution in [3.8, 4) is 5.75 Å². The zero-order valence-corrected chi connectivity index (χ0v) is 13.8. The molecule has 1 N–H and O–H groups in total. The number of rotatable bonds is 3. The average Bonchev–Trinajstić information content (AvgIpc) is 2.60. The van der Waals surface area contributed by atoms with Gasteiger partial charge in [-0.2, -0.15) is 0 Å². The van der Waals surface area contributed by atoms with E-state index in [0.717, 1.165) is 10.5 Å². The predicted molar refractivity (Wildman–Crippen MR) is 93.2 cm³/mol. The van der Waals surface area contributed by atoms with Crippen LogP contribution >= 0.6 is 0 Å². The molecule has 0 aromatic heterocycles. The number of ether oxygens (including phenoxy) is 1. The van der Waals surface area contributed by atoms with Gasteiger partial charge >= 0.3 is 6.03 Å². The van der Waals surface area contributed by atoms with E-state index in [1.165, 1.54) is 6.08 Å². The van der Waals surface area contributed by atoms with Crippen molar-refractivity contribution >= 4 is 29.6 Å². The van der Waals surface area contributed by atoms with E-state index in [2.05, 4.69) is 5.32 Å². The van der Waals surface area contributed by atoms with E-state index in [4.69, 9.17) is 4.74 Å². The van der Waals surface area contributed by atoms with Crippen molar-refractivity contribution in [2.75, 3.05) is 12.0 Å². The Morgan fingerprint density at radius 1 is 0.960 bits per heavy atom. The molecule has 126 valence electrons. The van der Waals surface area contributed by atoms with Gasteiger partial charge in [0.15, 0.2) is 0 Å². The third kappa shape index (κ3) is 3.28. The third-order valence-electron chi connectivity index (χ3n) is 3.82. The number of anilines is 1. The molecule has 3 rings (SSSR count). The molecule has 0 unspecified atom stereocenters. The normalized spacial score (nSPS) is 16.2. The Hall–Kier alpha value is -3.41. The Kier molecular flexibility index (Phi) is 4.35. The highest BCUT2D eigenvalue weighted by atomic mass is 16.5. The van der Waals surface area contributed by atoms with E-state index in [1.807, 2.05) is 6.92 Å². The zero-order valence-electron chi connectivity index (χ0n) is 13.8. The molecule has 0 saturated carbocycles. The van der Waals surface area contributed by atoms with Gasteiger partial charge in [-0.3, -0.25) is 14.9 Å². The Balaban J connectivity index is 1.97. The van der Waals surface area contributed by atoms with Gasteiger partial charge in [0.05, 0.1) is 12.8 Å². The molecule has 1 saturated heterocycles. The number of nitrogens with one attached hydrogen (secondary N) is 1. The lowest BCUT2D eigenvalue weighted by Crippen LogP contribution is -2.54. The number of amides is 4. The second-order valence-electron chi connectivity index (χ2n) is 5.57. The van der Waals surface area contributed by atoms with Crippen molar-refractivity contribution < 1.29 is 19.1 Å². The molecule has 0 spiro atoms. The van der Waals surface area contributed by atoms with Gasteiger partial charge in [-0.1, -0.05) is 29.8 Å². The van der Waals surface area contributed by atoms with Gasteiger partial charge in [0, 0.05) is 0 Å². The minimum absolute atomic E-state index is 0.106. The van der Waals surface area contributed by atoms with Gasteiger partial charge in [-0.05, 0) is 42.8 Å². The molecule has 2 aromatic carbocycles. The molecule has 6 heteroatoms. The van der Waals surface area contributed by atoms with E-state index in [1.54, 1.807) is 55.6 Å². The summed E-state index contributed by atoms with van der Waals surface area (Å²) in [6.07, 6.45) is 1.45. The van der Waals surface area contributed by atoms with E-state index >= 15 is 0 Å². The Morgan fingerprint density at radius 2 is 1.60 bits per heavy atom. The van der Waals surface area contributed by atoms with Crippen LogP contribution < -0.4 is 15.0 Å².